The maximum atomic E-state index is 10.0. The molecular weight excluding hydrogens is 444 g/mol. The molecule has 3 aromatic carbocycles. The van der Waals surface area contributed by atoms with Crippen LogP contribution in [0.15, 0.2) is 77.7 Å². The summed E-state index contributed by atoms with van der Waals surface area (Å²) in [6.45, 7) is 1.83. The zero-order valence-corrected chi connectivity index (χ0v) is 19.0. The van der Waals surface area contributed by atoms with Crippen LogP contribution in [0.4, 0.5) is 0 Å². The standard InChI is InChI=1S/C15H15ClOS.C7H8O4S/c1-11-9-13(17)7-8-15(11)18(2)10-12-5-3-4-6-14(12)16;8-12(9,10)11-6-7-4-2-1-3-5-7/h3-9H,10H2,1-2H3;1-5H,6H2,(H,8,9,10). The van der Waals surface area contributed by atoms with Gasteiger partial charge in [0.15, 0.2) is 4.90 Å². The van der Waals surface area contributed by atoms with Crippen molar-refractivity contribution < 1.29 is 22.3 Å². The fraction of sp³-hybridized carbons (Fsp3) is 0.182. The summed E-state index contributed by atoms with van der Waals surface area (Å²) in [4.78, 5) is 1.28. The summed E-state index contributed by atoms with van der Waals surface area (Å²) >= 11 is 6.19. The van der Waals surface area contributed by atoms with Gasteiger partial charge < -0.3 is 9.66 Å². The molecule has 0 saturated heterocycles. The Balaban J connectivity index is 0.000000232. The summed E-state index contributed by atoms with van der Waals surface area (Å²) in [5.41, 5.74) is 2.96. The molecule has 160 valence electrons. The molecule has 3 aromatic rings. The summed E-state index contributed by atoms with van der Waals surface area (Å²) in [6.07, 6.45) is 2.21. The Hall–Kier alpha value is -2.03. The lowest BCUT2D eigenvalue weighted by molar-refractivity contribution is 0.253. The largest absolute Gasteiger partial charge is 0.726 e. The van der Waals surface area contributed by atoms with E-state index in [9.17, 15) is 18.1 Å². The molecule has 0 aromatic heterocycles. The Labute approximate surface area is 185 Å². The van der Waals surface area contributed by atoms with E-state index in [0.29, 0.717) is 11.3 Å². The van der Waals surface area contributed by atoms with Crippen LogP contribution in [0.25, 0.3) is 0 Å². The van der Waals surface area contributed by atoms with Crippen LogP contribution in [0.2, 0.25) is 5.02 Å². The van der Waals surface area contributed by atoms with Crippen molar-refractivity contribution in [3.8, 4) is 5.75 Å². The number of benzene rings is 3. The molecule has 0 bridgehead atoms. The molecule has 3 rings (SSSR count). The third-order valence-corrected chi connectivity index (χ3v) is 6.80. The Morgan fingerprint density at radius 2 is 1.67 bits per heavy atom. The van der Waals surface area contributed by atoms with Gasteiger partial charge in [-0.25, -0.2) is 8.42 Å². The first kappa shape index (κ1) is 24.2. The first-order chi connectivity index (χ1) is 14.2. The quantitative estimate of drug-likeness (QED) is 0.319. The van der Waals surface area contributed by atoms with Crippen LogP contribution in [-0.2, 0) is 37.8 Å². The van der Waals surface area contributed by atoms with Gasteiger partial charge in [-0.1, -0.05) is 60.1 Å². The Morgan fingerprint density at radius 3 is 2.27 bits per heavy atom. The van der Waals surface area contributed by atoms with Gasteiger partial charge >= 0.3 is 0 Å². The van der Waals surface area contributed by atoms with Crippen LogP contribution in [0.3, 0.4) is 0 Å². The van der Waals surface area contributed by atoms with E-state index in [2.05, 4.69) is 16.5 Å². The average Bonchev–Trinajstić information content (AvgIpc) is 2.69. The van der Waals surface area contributed by atoms with Crippen LogP contribution >= 0.6 is 11.6 Å². The minimum absolute atomic E-state index is 0.0899. The zero-order valence-electron chi connectivity index (χ0n) is 16.6. The number of hydrogen-bond donors (Lipinski definition) is 1. The molecule has 0 heterocycles. The van der Waals surface area contributed by atoms with E-state index >= 15 is 0 Å². The van der Waals surface area contributed by atoms with E-state index in [1.54, 1.807) is 36.4 Å². The molecule has 30 heavy (non-hydrogen) atoms. The van der Waals surface area contributed by atoms with E-state index in [1.165, 1.54) is 10.5 Å². The molecule has 1 atom stereocenters. The lowest BCUT2D eigenvalue weighted by atomic mass is 10.2. The van der Waals surface area contributed by atoms with Crippen molar-refractivity contribution in [2.75, 3.05) is 6.26 Å². The minimum Gasteiger partial charge on any atom is -0.726 e. The number of halogens is 1. The molecule has 8 heteroatoms. The third-order valence-electron chi connectivity index (χ3n) is 4.08. The number of phenols is 1. The van der Waals surface area contributed by atoms with Crippen molar-refractivity contribution in [3.63, 3.8) is 0 Å². The zero-order chi connectivity index (χ0) is 22.1. The second-order valence-corrected chi connectivity index (χ2v) is 9.94. The van der Waals surface area contributed by atoms with Crippen molar-refractivity contribution in [2.24, 2.45) is 0 Å². The molecule has 1 N–H and O–H groups in total. The van der Waals surface area contributed by atoms with E-state index in [-0.39, 0.29) is 17.5 Å². The predicted octanol–water partition coefficient (Wildman–Crippen LogP) is 4.82. The molecule has 0 radical (unpaired) electrons. The number of hydrogen-bond acceptors (Lipinski definition) is 5. The highest BCUT2D eigenvalue weighted by atomic mass is 35.5. The van der Waals surface area contributed by atoms with E-state index in [0.717, 1.165) is 16.3 Å². The number of aromatic hydroxyl groups is 1. The maximum absolute atomic E-state index is 10.0. The summed E-state index contributed by atoms with van der Waals surface area (Å²) in [5, 5.41) is 10.3. The summed E-state index contributed by atoms with van der Waals surface area (Å²) in [7, 11) is -4.48. The summed E-state index contributed by atoms with van der Waals surface area (Å²) < 4.78 is 34.1. The smallest absolute Gasteiger partial charge is 0.217 e. The Kier molecular flexibility index (Phi) is 9.20. The van der Waals surface area contributed by atoms with Gasteiger partial charge in [0.1, 0.15) is 17.8 Å². The van der Waals surface area contributed by atoms with Crippen LogP contribution in [0.1, 0.15) is 16.7 Å². The maximum Gasteiger partial charge on any atom is 0.217 e. The average molecular weight is 467 g/mol. The second kappa shape index (κ2) is 11.4. The van der Waals surface area contributed by atoms with Gasteiger partial charge in [-0.2, -0.15) is 0 Å². The normalized spacial score (nSPS) is 12.0. The topological polar surface area (TPSA) is 86.7 Å². The van der Waals surface area contributed by atoms with Crippen LogP contribution in [0.5, 0.6) is 5.75 Å². The molecular formula is C22H23ClO5S2. The van der Waals surface area contributed by atoms with Crippen molar-refractivity contribution in [2.45, 2.75) is 24.2 Å². The number of rotatable bonds is 6. The number of aryl methyl sites for hydroxylation is 1. The van der Waals surface area contributed by atoms with Gasteiger partial charge in [-0.15, -0.1) is 0 Å². The molecule has 0 aliphatic heterocycles. The fourth-order valence-electron chi connectivity index (χ4n) is 2.67. The molecule has 1 unspecified atom stereocenters. The molecule has 0 saturated carbocycles. The van der Waals surface area contributed by atoms with Crippen molar-refractivity contribution >= 4 is 32.9 Å². The number of phenolic OH excluding ortho intramolecular Hbond substituents is 1. The van der Waals surface area contributed by atoms with Gasteiger partial charge in [-0.3, -0.25) is 4.18 Å². The van der Waals surface area contributed by atoms with Crippen LogP contribution in [-0.4, -0.2) is 24.3 Å². The highest BCUT2D eigenvalue weighted by Gasteiger charge is 2.20. The molecule has 0 aliphatic carbocycles. The van der Waals surface area contributed by atoms with Gasteiger partial charge in [0.25, 0.3) is 0 Å². The van der Waals surface area contributed by atoms with Crippen molar-refractivity contribution in [1.29, 1.82) is 0 Å². The van der Waals surface area contributed by atoms with E-state index < -0.39 is 10.4 Å². The Morgan fingerprint density at radius 1 is 1.03 bits per heavy atom. The third kappa shape index (κ3) is 8.38. The highest BCUT2D eigenvalue weighted by Crippen LogP contribution is 2.26. The van der Waals surface area contributed by atoms with Crippen LogP contribution < -0.4 is 0 Å². The molecule has 0 spiro atoms. The second-order valence-electron chi connectivity index (χ2n) is 6.48. The lowest BCUT2D eigenvalue weighted by Gasteiger charge is -2.07. The van der Waals surface area contributed by atoms with Gasteiger partial charge in [0.05, 0.1) is 6.61 Å². The monoisotopic (exact) mass is 466 g/mol. The fourth-order valence-corrected chi connectivity index (χ4v) is 5.01. The van der Waals surface area contributed by atoms with Crippen LogP contribution in [0, 0.1) is 6.92 Å². The predicted molar refractivity (Wildman–Crippen MR) is 120 cm³/mol. The van der Waals surface area contributed by atoms with Crippen molar-refractivity contribution in [3.05, 3.63) is 94.5 Å². The molecule has 0 fully saturated rings. The van der Waals surface area contributed by atoms with Crippen molar-refractivity contribution in [1.82, 2.24) is 0 Å². The van der Waals surface area contributed by atoms with E-state index in [1.807, 2.05) is 37.3 Å². The Bertz CT molecular complexity index is 1060. The summed E-state index contributed by atoms with van der Waals surface area (Å²) in [5.74, 6) is 1.26. The first-order valence-corrected chi connectivity index (χ1v) is 12.5. The summed E-state index contributed by atoms with van der Waals surface area (Å²) in [6, 6.07) is 22.1. The lowest BCUT2D eigenvalue weighted by Crippen LogP contribution is -2.06. The molecule has 0 aliphatic rings. The first-order valence-electron chi connectivity index (χ1n) is 8.95. The SMILES string of the molecule is Cc1cc(O)ccc1[S+](C)Cc1ccccc1Cl.O=S(=O)([O-])OCc1ccccc1. The minimum atomic E-state index is -4.57. The molecule has 0 amide bonds. The highest BCUT2D eigenvalue weighted by molar-refractivity contribution is 7.95. The van der Waals surface area contributed by atoms with E-state index in [4.69, 9.17) is 11.6 Å². The van der Waals surface area contributed by atoms with Gasteiger partial charge in [0, 0.05) is 27.0 Å². The van der Waals surface area contributed by atoms with Gasteiger partial charge in [-0.05, 0) is 36.8 Å². The van der Waals surface area contributed by atoms with Gasteiger partial charge in [0.2, 0.25) is 10.4 Å². The molecule has 5 nitrogen and oxygen atoms in total.